The summed E-state index contributed by atoms with van der Waals surface area (Å²) in [5, 5.41) is 4.92. The summed E-state index contributed by atoms with van der Waals surface area (Å²) in [6, 6.07) is 8.02. The summed E-state index contributed by atoms with van der Waals surface area (Å²) in [6.45, 7) is 9.43. The summed E-state index contributed by atoms with van der Waals surface area (Å²) >= 11 is 1.46. The monoisotopic (exact) mass is 317 g/mol. The highest BCUT2D eigenvalue weighted by molar-refractivity contribution is 7.12. The number of rotatable bonds is 6. The molecule has 0 unspecified atom stereocenters. The largest absolute Gasteiger partial charge is 0.488 e. The first-order chi connectivity index (χ1) is 10.5. The lowest BCUT2D eigenvalue weighted by Gasteiger charge is -2.11. The Labute approximate surface area is 136 Å². The molecule has 1 aromatic heterocycles. The molecule has 0 saturated heterocycles. The van der Waals surface area contributed by atoms with Crippen molar-refractivity contribution in [1.82, 2.24) is 5.32 Å². The minimum Gasteiger partial charge on any atom is -0.488 e. The van der Waals surface area contributed by atoms with E-state index in [1.807, 2.05) is 43.5 Å². The van der Waals surface area contributed by atoms with Crippen LogP contribution in [0.25, 0.3) is 0 Å². The second kappa shape index (κ2) is 7.45. The normalized spacial score (nSPS) is 10.8. The minimum atomic E-state index is -0.00276. The third kappa shape index (κ3) is 4.34. The Hall–Kier alpha value is -1.81. The van der Waals surface area contributed by atoms with Crippen molar-refractivity contribution >= 4 is 17.2 Å². The van der Waals surface area contributed by atoms with Gasteiger partial charge in [0.2, 0.25) is 0 Å². The van der Waals surface area contributed by atoms with Crippen molar-refractivity contribution in [3.63, 3.8) is 0 Å². The van der Waals surface area contributed by atoms with Crippen molar-refractivity contribution in [2.24, 2.45) is 5.92 Å². The van der Waals surface area contributed by atoms with E-state index in [2.05, 4.69) is 19.2 Å². The maximum Gasteiger partial charge on any atom is 0.261 e. The summed E-state index contributed by atoms with van der Waals surface area (Å²) in [6.07, 6.45) is 0. The number of aryl methyl sites for hydroxylation is 2. The lowest BCUT2D eigenvalue weighted by molar-refractivity contribution is 0.0953. The van der Waals surface area contributed by atoms with Gasteiger partial charge in [0.15, 0.2) is 0 Å². The molecule has 3 nitrogen and oxygen atoms in total. The first-order valence-corrected chi connectivity index (χ1v) is 8.40. The van der Waals surface area contributed by atoms with E-state index in [0.29, 0.717) is 19.1 Å². The van der Waals surface area contributed by atoms with Crippen LogP contribution in [0, 0.1) is 19.8 Å². The van der Waals surface area contributed by atoms with Crippen molar-refractivity contribution in [2.45, 2.75) is 34.3 Å². The third-order valence-corrected chi connectivity index (χ3v) is 4.32. The first kappa shape index (κ1) is 16.6. The van der Waals surface area contributed by atoms with E-state index >= 15 is 0 Å². The van der Waals surface area contributed by atoms with Gasteiger partial charge in [0.05, 0.1) is 4.88 Å². The number of hydrogen-bond acceptors (Lipinski definition) is 3. The van der Waals surface area contributed by atoms with Gasteiger partial charge in [-0.25, -0.2) is 0 Å². The van der Waals surface area contributed by atoms with Crippen molar-refractivity contribution < 1.29 is 9.53 Å². The fourth-order valence-corrected chi connectivity index (χ4v) is 2.95. The van der Waals surface area contributed by atoms with Crippen LogP contribution in [0.15, 0.2) is 29.6 Å². The van der Waals surface area contributed by atoms with Gasteiger partial charge in [-0.05, 0) is 42.3 Å². The molecular weight excluding hydrogens is 294 g/mol. The van der Waals surface area contributed by atoms with Crippen molar-refractivity contribution in [1.29, 1.82) is 0 Å². The molecule has 0 bridgehead atoms. The zero-order valence-electron chi connectivity index (χ0n) is 13.6. The van der Waals surface area contributed by atoms with Crippen molar-refractivity contribution in [3.8, 4) is 5.75 Å². The van der Waals surface area contributed by atoms with Gasteiger partial charge in [-0.1, -0.05) is 32.0 Å². The molecule has 0 aliphatic rings. The van der Waals surface area contributed by atoms with E-state index in [-0.39, 0.29) is 5.91 Å². The summed E-state index contributed by atoms with van der Waals surface area (Å²) in [5.41, 5.74) is 3.29. The molecule has 0 fully saturated rings. The number of hydrogen-bond donors (Lipinski definition) is 1. The Bertz CT molecular complexity index is 626. The quantitative estimate of drug-likeness (QED) is 0.861. The molecule has 1 amide bonds. The standard InChI is InChI=1S/C18H23NO2S/c1-12(2)9-19-18(20)16-8-15(11-22-16)10-21-17-13(3)6-5-7-14(17)4/h5-8,11-12H,9-10H2,1-4H3,(H,19,20). The Morgan fingerprint density at radius 3 is 2.59 bits per heavy atom. The van der Waals surface area contributed by atoms with E-state index in [1.165, 1.54) is 11.3 Å². The molecule has 2 aromatic rings. The molecule has 0 saturated carbocycles. The summed E-state index contributed by atoms with van der Waals surface area (Å²) in [7, 11) is 0. The van der Waals surface area contributed by atoms with E-state index in [4.69, 9.17) is 4.74 Å². The van der Waals surface area contributed by atoms with E-state index in [0.717, 1.165) is 27.3 Å². The molecule has 4 heteroatoms. The third-order valence-electron chi connectivity index (χ3n) is 3.34. The fraction of sp³-hybridized carbons (Fsp3) is 0.389. The molecule has 22 heavy (non-hydrogen) atoms. The van der Waals surface area contributed by atoms with E-state index < -0.39 is 0 Å². The van der Waals surface area contributed by atoms with Crippen molar-refractivity contribution in [3.05, 3.63) is 51.2 Å². The maximum absolute atomic E-state index is 12.0. The molecule has 118 valence electrons. The average molecular weight is 317 g/mol. The number of thiophene rings is 1. The Balaban J connectivity index is 1.96. The maximum atomic E-state index is 12.0. The lowest BCUT2D eigenvalue weighted by Crippen LogP contribution is -2.26. The Kier molecular flexibility index (Phi) is 5.61. The number of carbonyl (C=O) groups excluding carboxylic acids is 1. The first-order valence-electron chi connectivity index (χ1n) is 7.52. The van der Waals surface area contributed by atoms with Gasteiger partial charge in [0.25, 0.3) is 5.91 Å². The topological polar surface area (TPSA) is 38.3 Å². The van der Waals surface area contributed by atoms with Crippen LogP contribution in [0.3, 0.4) is 0 Å². The smallest absolute Gasteiger partial charge is 0.261 e. The highest BCUT2D eigenvalue weighted by Gasteiger charge is 2.10. The molecule has 1 aromatic carbocycles. The van der Waals surface area contributed by atoms with Gasteiger partial charge in [-0.2, -0.15) is 0 Å². The van der Waals surface area contributed by atoms with Crippen LogP contribution in [-0.2, 0) is 6.61 Å². The number of para-hydroxylation sites is 1. The van der Waals surface area contributed by atoms with Gasteiger partial charge in [-0.15, -0.1) is 11.3 Å². The van der Waals surface area contributed by atoms with Crippen LogP contribution < -0.4 is 10.1 Å². The molecule has 2 rings (SSSR count). The van der Waals surface area contributed by atoms with Gasteiger partial charge in [-0.3, -0.25) is 4.79 Å². The SMILES string of the molecule is Cc1cccc(C)c1OCc1csc(C(=O)NCC(C)C)c1. The Morgan fingerprint density at radius 1 is 1.27 bits per heavy atom. The van der Waals surface area contributed by atoms with Gasteiger partial charge < -0.3 is 10.1 Å². The van der Waals surface area contributed by atoms with Gasteiger partial charge in [0.1, 0.15) is 12.4 Å². The second-order valence-electron chi connectivity index (χ2n) is 5.93. The highest BCUT2D eigenvalue weighted by Crippen LogP contribution is 2.24. The number of amides is 1. The highest BCUT2D eigenvalue weighted by atomic mass is 32.1. The summed E-state index contributed by atoms with van der Waals surface area (Å²) < 4.78 is 5.92. The molecule has 1 N–H and O–H groups in total. The van der Waals surface area contributed by atoms with E-state index in [1.54, 1.807) is 0 Å². The zero-order chi connectivity index (χ0) is 16.1. The van der Waals surface area contributed by atoms with Crippen LogP contribution in [0.4, 0.5) is 0 Å². The molecule has 0 spiro atoms. The molecule has 0 radical (unpaired) electrons. The lowest BCUT2D eigenvalue weighted by atomic mass is 10.1. The number of benzene rings is 1. The fourth-order valence-electron chi connectivity index (χ4n) is 2.14. The van der Waals surface area contributed by atoms with Gasteiger partial charge >= 0.3 is 0 Å². The summed E-state index contributed by atoms with van der Waals surface area (Å²) in [5.74, 6) is 1.38. The summed E-state index contributed by atoms with van der Waals surface area (Å²) in [4.78, 5) is 12.7. The molecule has 0 atom stereocenters. The Morgan fingerprint density at radius 2 is 1.95 bits per heavy atom. The predicted molar refractivity (Wildman–Crippen MR) is 91.7 cm³/mol. The molecule has 0 aliphatic carbocycles. The molecule has 0 aliphatic heterocycles. The zero-order valence-corrected chi connectivity index (χ0v) is 14.4. The van der Waals surface area contributed by atoms with Crippen LogP contribution in [0.1, 0.15) is 40.2 Å². The average Bonchev–Trinajstić information content (AvgIpc) is 2.93. The number of carbonyl (C=O) groups is 1. The van der Waals surface area contributed by atoms with Crippen molar-refractivity contribution in [2.75, 3.05) is 6.54 Å². The van der Waals surface area contributed by atoms with Crippen LogP contribution >= 0.6 is 11.3 Å². The van der Waals surface area contributed by atoms with Crippen LogP contribution in [0.5, 0.6) is 5.75 Å². The predicted octanol–water partition coefficient (Wildman–Crippen LogP) is 4.33. The number of ether oxygens (including phenoxy) is 1. The van der Waals surface area contributed by atoms with Crippen LogP contribution in [-0.4, -0.2) is 12.5 Å². The molecule has 1 heterocycles. The molecular formula is C18H23NO2S. The number of nitrogens with one attached hydrogen (secondary N) is 1. The second-order valence-corrected chi connectivity index (χ2v) is 6.84. The minimum absolute atomic E-state index is 0.00276. The van der Waals surface area contributed by atoms with Crippen LogP contribution in [0.2, 0.25) is 0 Å². The van der Waals surface area contributed by atoms with E-state index in [9.17, 15) is 4.79 Å². The van der Waals surface area contributed by atoms with Gasteiger partial charge in [0, 0.05) is 12.1 Å².